The quantitative estimate of drug-likeness (QED) is 0.639. The molecule has 1 spiro atoms. The highest BCUT2D eigenvalue weighted by molar-refractivity contribution is 5.94. The van der Waals surface area contributed by atoms with Gasteiger partial charge in [-0.15, -0.1) is 0 Å². The number of aliphatic hydroxyl groups excluding tert-OH is 1. The van der Waals surface area contributed by atoms with Gasteiger partial charge in [0.1, 0.15) is 17.2 Å². The van der Waals surface area contributed by atoms with Gasteiger partial charge >= 0.3 is 0 Å². The smallest absolute Gasteiger partial charge is 0.271 e. The van der Waals surface area contributed by atoms with Crippen molar-refractivity contribution in [3.8, 4) is 0 Å². The van der Waals surface area contributed by atoms with Gasteiger partial charge in [-0.3, -0.25) is 14.0 Å². The fourth-order valence-electron chi connectivity index (χ4n) is 7.15. The number of pyridine rings is 1. The zero-order valence-electron chi connectivity index (χ0n) is 17.9. The van der Waals surface area contributed by atoms with Crippen LogP contribution in [-0.2, 0) is 4.79 Å². The number of aliphatic hydroxyl groups is 1. The number of carbonyl (C=O) groups is 2. The minimum Gasteiger partial charge on any atom is -0.394 e. The first-order valence-electron chi connectivity index (χ1n) is 11.6. The summed E-state index contributed by atoms with van der Waals surface area (Å²) in [6, 6.07) is 5.21. The summed E-state index contributed by atoms with van der Waals surface area (Å²) in [4.78, 5) is 30.0. The van der Waals surface area contributed by atoms with Crippen LogP contribution >= 0.6 is 0 Å². The molecule has 4 saturated carbocycles. The first-order chi connectivity index (χ1) is 14.9. The number of hydrogen-bond acceptors (Lipinski definition) is 4. The van der Waals surface area contributed by atoms with Crippen LogP contribution in [0.4, 0.5) is 5.82 Å². The van der Waals surface area contributed by atoms with E-state index in [0.29, 0.717) is 29.7 Å². The van der Waals surface area contributed by atoms with Crippen molar-refractivity contribution in [2.75, 3.05) is 11.9 Å². The van der Waals surface area contributed by atoms with Crippen LogP contribution in [0.3, 0.4) is 0 Å². The molecule has 0 radical (unpaired) electrons. The third-order valence-electron chi connectivity index (χ3n) is 8.60. The highest BCUT2D eigenvalue weighted by Crippen LogP contribution is 2.84. The molecule has 164 valence electrons. The van der Waals surface area contributed by atoms with Gasteiger partial charge < -0.3 is 15.7 Å². The minimum atomic E-state index is -0.322. The topological polar surface area (TPSA) is 95.7 Å². The molecule has 2 aromatic rings. The van der Waals surface area contributed by atoms with Crippen LogP contribution < -0.4 is 10.6 Å². The van der Waals surface area contributed by atoms with E-state index in [9.17, 15) is 14.7 Å². The highest BCUT2D eigenvalue weighted by Gasteiger charge is 2.76. The molecule has 0 aromatic carbocycles. The average Bonchev–Trinajstić information content (AvgIpc) is 3.57. The third kappa shape index (κ3) is 3.00. The molecule has 4 fully saturated rings. The molecule has 2 heterocycles. The number of rotatable bonds is 7. The van der Waals surface area contributed by atoms with E-state index in [-0.39, 0.29) is 35.6 Å². The summed E-state index contributed by atoms with van der Waals surface area (Å²) in [6.45, 7) is 1.80. The number of amides is 2. The number of fused-ring (bicyclic) bond motifs is 3. The van der Waals surface area contributed by atoms with Crippen LogP contribution in [-0.4, -0.2) is 39.0 Å². The molecule has 4 aliphatic carbocycles. The fraction of sp³-hybridized carbons (Fsp3) is 0.625. The molecular formula is C24H30N4O3. The molecule has 2 aromatic heterocycles. The Bertz CT molecular complexity index is 1070. The zero-order chi connectivity index (χ0) is 21.4. The molecule has 7 heteroatoms. The SMILES string of the molecule is CCC(CO)NC(=O)c1cn2c(NC(=O)CC34CC5C[C@@H]5C5(CC5C3)C4)cccc2n1. The van der Waals surface area contributed by atoms with Crippen LogP contribution in [0.1, 0.15) is 62.4 Å². The largest absolute Gasteiger partial charge is 0.394 e. The van der Waals surface area contributed by atoms with Crippen molar-refractivity contribution < 1.29 is 14.7 Å². The van der Waals surface area contributed by atoms with Gasteiger partial charge in [0.15, 0.2) is 0 Å². The van der Waals surface area contributed by atoms with E-state index < -0.39 is 0 Å². The van der Waals surface area contributed by atoms with Crippen molar-refractivity contribution in [3.63, 3.8) is 0 Å². The van der Waals surface area contributed by atoms with Crippen molar-refractivity contribution in [1.29, 1.82) is 0 Å². The summed E-state index contributed by atoms with van der Waals surface area (Å²) in [7, 11) is 0. The van der Waals surface area contributed by atoms with Crippen molar-refractivity contribution in [1.82, 2.24) is 14.7 Å². The lowest BCUT2D eigenvalue weighted by Crippen LogP contribution is -2.37. The van der Waals surface area contributed by atoms with Crippen molar-refractivity contribution in [2.24, 2.45) is 28.6 Å². The maximum Gasteiger partial charge on any atom is 0.271 e. The van der Waals surface area contributed by atoms with E-state index in [1.54, 1.807) is 10.6 Å². The zero-order valence-corrected chi connectivity index (χ0v) is 17.9. The van der Waals surface area contributed by atoms with Crippen LogP contribution in [0.25, 0.3) is 5.65 Å². The number of imidazole rings is 1. The van der Waals surface area contributed by atoms with E-state index in [1.807, 2.05) is 25.1 Å². The number of nitrogens with one attached hydrogen (secondary N) is 2. The minimum absolute atomic E-state index is 0.0640. The molecular weight excluding hydrogens is 392 g/mol. The van der Waals surface area contributed by atoms with E-state index in [2.05, 4.69) is 15.6 Å². The lowest BCUT2D eigenvalue weighted by Gasteiger charge is -2.35. The molecule has 0 saturated heterocycles. The van der Waals surface area contributed by atoms with Crippen molar-refractivity contribution >= 4 is 23.3 Å². The van der Waals surface area contributed by atoms with Crippen LogP contribution in [0.15, 0.2) is 24.4 Å². The fourth-order valence-corrected chi connectivity index (χ4v) is 7.15. The number of carbonyl (C=O) groups excluding carboxylic acids is 2. The Morgan fingerprint density at radius 1 is 1.32 bits per heavy atom. The Kier molecular flexibility index (Phi) is 4.07. The maximum atomic E-state index is 13.1. The van der Waals surface area contributed by atoms with Crippen molar-refractivity contribution in [3.05, 3.63) is 30.1 Å². The monoisotopic (exact) mass is 422 g/mol. The Balaban J connectivity index is 1.18. The van der Waals surface area contributed by atoms with Gasteiger partial charge in [0.2, 0.25) is 5.91 Å². The molecule has 31 heavy (non-hydrogen) atoms. The van der Waals surface area contributed by atoms with Gasteiger partial charge in [0.05, 0.1) is 12.6 Å². The van der Waals surface area contributed by atoms with Gasteiger partial charge in [-0.1, -0.05) is 13.0 Å². The van der Waals surface area contributed by atoms with Crippen molar-refractivity contribution in [2.45, 2.75) is 57.9 Å². The summed E-state index contributed by atoms with van der Waals surface area (Å²) in [5.74, 6) is 3.10. The lowest BCUT2D eigenvalue weighted by molar-refractivity contribution is -0.119. The third-order valence-corrected chi connectivity index (χ3v) is 8.60. The molecule has 6 rings (SSSR count). The van der Waals surface area contributed by atoms with Gasteiger partial charge in [0, 0.05) is 12.6 Å². The molecule has 7 nitrogen and oxygen atoms in total. The average molecular weight is 423 g/mol. The molecule has 0 aliphatic heterocycles. The molecule has 6 atom stereocenters. The standard InChI is InChI=1S/C24H30N4O3/c1-2-16(12-29)25-22(31)18-11-28-19(26-18)4-3-5-20(28)27-21(30)10-23-7-14-6-17(14)24(13-23)9-15(24)8-23/h3-5,11,14-17,29H,2,6-10,12-13H2,1H3,(H,25,31)(H,27,30)/t14?,15?,16?,17-,23?,24?/m0/s1. The number of hydrogen-bond donors (Lipinski definition) is 3. The first kappa shape index (κ1) is 19.3. The normalized spacial score (nSPS) is 35.2. The van der Waals surface area contributed by atoms with Gasteiger partial charge in [-0.2, -0.15) is 0 Å². The van der Waals surface area contributed by atoms with E-state index in [4.69, 9.17) is 0 Å². The van der Waals surface area contributed by atoms with E-state index in [0.717, 1.165) is 17.8 Å². The number of nitrogens with zero attached hydrogens (tertiary/aromatic N) is 2. The number of anilines is 1. The summed E-state index contributed by atoms with van der Waals surface area (Å²) in [5, 5.41) is 15.2. The van der Waals surface area contributed by atoms with Crippen LogP contribution in [0.5, 0.6) is 0 Å². The second kappa shape index (κ2) is 6.55. The van der Waals surface area contributed by atoms with Gasteiger partial charge in [0.25, 0.3) is 5.91 Å². The van der Waals surface area contributed by atoms with E-state index in [1.165, 1.54) is 32.1 Å². The van der Waals surface area contributed by atoms with Crippen LogP contribution in [0, 0.1) is 28.6 Å². The predicted octanol–water partition coefficient (Wildman–Crippen LogP) is 2.99. The van der Waals surface area contributed by atoms with E-state index >= 15 is 0 Å². The van der Waals surface area contributed by atoms with Crippen LogP contribution in [0.2, 0.25) is 0 Å². The lowest BCUT2D eigenvalue weighted by atomic mass is 9.69. The summed E-state index contributed by atoms with van der Waals surface area (Å²) >= 11 is 0. The van der Waals surface area contributed by atoms with Gasteiger partial charge in [-0.05, 0) is 79.2 Å². The molecule has 5 unspecified atom stereocenters. The Morgan fingerprint density at radius 3 is 3.00 bits per heavy atom. The number of aromatic nitrogens is 2. The highest BCUT2D eigenvalue weighted by atomic mass is 16.3. The second-order valence-electron chi connectivity index (χ2n) is 10.6. The maximum absolute atomic E-state index is 13.1. The second-order valence-corrected chi connectivity index (χ2v) is 10.6. The molecule has 4 aliphatic rings. The molecule has 2 bridgehead atoms. The Hall–Kier alpha value is -2.41. The Labute approximate surface area is 181 Å². The summed E-state index contributed by atoms with van der Waals surface area (Å²) < 4.78 is 1.76. The Morgan fingerprint density at radius 2 is 2.19 bits per heavy atom. The first-order valence-corrected chi connectivity index (χ1v) is 11.6. The molecule has 2 amide bonds. The predicted molar refractivity (Wildman–Crippen MR) is 115 cm³/mol. The summed E-state index contributed by atoms with van der Waals surface area (Å²) in [5.41, 5.74) is 1.70. The summed E-state index contributed by atoms with van der Waals surface area (Å²) in [6.07, 6.45) is 9.41. The molecule has 3 N–H and O–H groups in total. The van der Waals surface area contributed by atoms with Gasteiger partial charge in [-0.25, -0.2) is 4.98 Å².